The number of nitrogens with zero attached hydrogens (tertiary/aromatic N) is 3. The van der Waals surface area contributed by atoms with E-state index in [-0.39, 0.29) is 17.2 Å². The molecule has 3 aromatic rings. The first-order chi connectivity index (χ1) is 16.4. The van der Waals surface area contributed by atoms with Gasteiger partial charge in [-0.1, -0.05) is 59.9 Å². The van der Waals surface area contributed by atoms with Gasteiger partial charge >= 0.3 is 0 Å². The molecule has 2 bridgehead atoms. The topological polar surface area (TPSA) is 67.2 Å². The second-order valence-electron chi connectivity index (χ2n) is 9.00. The predicted molar refractivity (Wildman–Crippen MR) is 144 cm³/mol. The molecule has 176 valence electrons. The Morgan fingerprint density at radius 2 is 1.97 bits per heavy atom. The maximum Gasteiger partial charge on any atom is 0.250 e. The van der Waals surface area contributed by atoms with Crippen LogP contribution in [0.5, 0.6) is 0 Å². The van der Waals surface area contributed by atoms with Crippen molar-refractivity contribution >= 4 is 50.7 Å². The average molecular weight is 511 g/mol. The number of amides is 1. The molecule has 1 amide bonds. The van der Waals surface area contributed by atoms with Gasteiger partial charge in [0.1, 0.15) is 4.32 Å². The molecule has 1 saturated heterocycles. The predicted octanol–water partition coefficient (Wildman–Crippen LogP) is 4.66. The number of carbonyl (C=O) groups is 1. The lowest BCUT2D eigenvalue weighted by atomic mass is 9.83. The lowest BCUT2D eigenvalue weighted by Crippen LogP contribution is -2.48. The second-order valence-corrected chi connectivity index (χ2v) is 11.8. The van der Waals surface area contributed by atoms with E-state index in [2.05, 4.69) is 52.5 Å². The highest BCUT2D eigenvalue weighted by Gasteiger charge is 2.35. The van der Waals surface area contributed by atoms with Crippen LogP contribution in [0.1, 0.15) is 28.5 Å². The molecule has 0 unspecified atom stereocenters. The van der Waals surface area contributed by atoms with Crippen LogP contribution in [0.4, 0.5) is 5.13 Å². The van der Waals surface area contributed by atoms with Gasteiger partial charge in [0.15, 0.2) is 5.13 Å². The van der Waals surface area contributed by atoms with E-state index in [1.807, 2.05) is 17.6 Å². The lowest BCUT2D eigenvalue weighted by molar-refractivity contribution is -0.113. The average Bonchev–Trinajstić information content (AvgIpc) is 3.18. The molecule has 2 aliphatic heterocycles. The van der Waals surface area contributed by atoms with E-state index < -0.39 is 0 Å². The monoisotopic (exact) mass is 510 g/mol. The Bertz CT molecular complexity index is 1300. The fourth-order valence-electron chi connectivity index (χ4n) is 4.85. The molecular formula is C25H26N4O2S3. The van der Waals surface area contributed by atoms with E-state index in [4.69, 9.17) is 12.2 Å². The van der Waals surface area contributed by atoms with Crippen molar-refractivity contribution in [2.75, 3.05) is 24.2 Å². The molecule has 0 radical (unpaired) electrons. The zero-order valence-electron chi connectivity index (χ0n) is 19.1. The molecule has 4 heterocycles. The number of thiazole rings is 1. The molecule has 0 spiro atoms. The van der Waals surface area contributed by atoms with Crippen molar-refractivity contribution in [1.29, 1.82) is 0 Å². The SMILES string of the molecule is Cc1ccc(-c2nc(NC(=O)CSC(=S)N3C[C@H]4C[C@H](C3)c3cccc(=O)n3C4)sc2C)cc1. The van der Waals surface area contributed by atoms with Crippen molar-refractivity contribution < 1.29 is 4.79 Å². The third-order valence-corrected chi connectivity index (χ3v) is 8.84. The Morgan fingerprint density at radius 3 is 2.76 bits per heavy atom. The maximum absolute atomic E-state index is 12.6. The van der Waals surface area contributed by atoms with Crippen LogP contribution in [0.3, 0.4) is 0 Å². The zero-order valence-corrected chi connectivity index (χ0v) is 21.6. The standard InChI is InChI=1S/C25H26N4O2S3/c1-15-6-8-18(9-7-15)23-16(2)34-24(27-23)26-21(30)14-33-25(32)28-11-17-10-19(13-28)20-4-3-5-22(31)29(20)12-17/h3-9,17,19H,10-14H2,1-2H3,(H,26,27,30)/t17-,19-/m1/s1. The van der Waals surface area contributed by atoms with Crippen LogP contribution in [0.25, 0.3) is 11.3 Å². The van der Waals surface area contributed by atoms with Gasteiger partial charge in [0.2, 0.25) is 5.91 Å². The fourth-order valence-corrected chi connectivity index (χ4v) is 6.68. The summed E-state index contributed by atoms with van der Waals surface area (Å²) in [6.45, 7) is 6.44. The molecule has 0 aliphatic carbocycles. The number of likely N-dealkylation sites (tertiary alicyclic amines) is 1. The smallest absolute Gasteiger partial charge is 0.250 e. The normalized spacial score (nSPS) is 18.9. The van der Waals surface area contributed by atoms with E-state index in [0.29, 0.717) is 17.0 Å². The van der Waals surface area contributed by atoms with Gasteiger partial charge in [-0.25, -0.2) is 4.98 Å². The number of thiocarbonyl (C=S) groups is 1. The Balaban J connectivity index is 1.17. The summed E-state index contributed by atoms with van der Waals surface area (Å²) in [5, 5.41) is 3.54. The van der Waals surface area contributed by atoms with Crippen molar-refractivity contribution in [2.45, 2.75) is 32.7 Å². The second kappa shape index (κ2) is 9.64. The molecular weight excluding hydrogens is 485 g/mol. The van der Waals surface area contributed by atoms with Gasteiger partial charge in [0, 0.05) is 47.8 Å². The van der Waals surface area contributed by atoms with E-state index >= 15 is 0 Å². The van der Waals surface area contributed by atoms with Crippen molar-refractivity contribution in [3.63, 3.8) is 0 Å². The number of aromatic nitrogens is 2. The lowest BCUT2D eigenvalue weighted by Gasteiger charge is -2.43. The molecule has 6 nitrogen and oxygen atoms in total. The minimum atomic E-state index is -0.106. The van der Waals surface area contributed by atoms with Crippen LogP contribution >= 0.6 is 35.3 Å². The van der Waals surface area contributed by atoms with Gasteiger partial charge < -0.3 is 14.8 Å². The van der Waals surface area contributed by atoms with Gasteiger partial charge in [-0.2, -0.15) is 0 Å². The summed E-state index contributed by atoms with van der Waals surface area (Å²) in [6.07, 6.45) is 1.08. The van der Waals surface area contributed by atoms with E-state index in [1.165, 1.54) is 28.7 Å². The number of benzene rings is 1. The maximum atomic E-state index is 12.6. The molecule has 1 fully saturated rings. The molecule has 1 aromatic carbocycles. The first-order valence-corrected chi connectivity index (χ1v) is 13.5. The molecule has 9 heteroatoms. The summed E-state index contributed by atoms with van der Waals surface area (Å²) in [5.74, 6) is 0.842. The van der Waals surface area contributed by atoms with Gasteiger partial charge in [-0.3, -0.25) is 9.59 Å². The van der Waals surface area contributed by atoms with Crippen LogP contribution in [0.2, 0.25) is 0 Å². The number of anilines is 1. The van der Waals surface area contributed by atoms with Crippen LogP contribution in [-0.4, -0.2) is 43.5 Å². The van der Waals surface area contributed by atoms with Crippen LogP contribution in [0, 0.1) is 19.8 Å². The molecule has 2 aliphatic rings. The third kappa shape index (κ3) is 4.82. The Labute approximate surface area is 212 Å². The first-order valence-electron chi connectivity index (χ1n) is 11.3. The number of nitrogens with one attached hydrogen (secondary N) is 1. The summed E-state index contributed by atoms with van der Waals surface area (Å²) >= 11 is 8.57. The minimum absolute atomic E-state index is 0.0808. The van der Waals surface area contributed by atoms with Crippen molar-refractivity contribution in [3.8, 4) is 11.3 Å². The van der Waals surface area contributed by atoms with Gasteiger partial charge in [0.25, 0.3) is 5.56 Å². The highest BCUT2D eigenvalue weighted by Crippen LogP contribution is 2.36. The Hall–Kier alpha value is -2.49. The number of piperidine rings is 1. The number of aryl methyl sites for hydroxylation is 2. The quantitative estimate of drug-likeness (QED) is 0.515. The van der Waals surface area contributed by atoms with Crippen LogP contribution in [-0.2, 0) is 11.3 Å². The van der Waals surface area contributed by atoms with E-state index in [1.54, 1.807) is 6.07 Å². The summed E-state index contributed by atoms with van der Waals surface area (Å²) in [5.41, 5.74) is 4.34. The number of carbonyl (C=O) groups excluding carboxylic acids is 1. The van der Waals surface area contributed by atoms with Gasteiger partial charge in [-0.15, -0.1) is 11.3 Å². The van der Waals surface area contributed by atoms with Crippen molar-refractivity contribution in [2.24, 2.45) is 5.92 Å². The number of pyridine rings is 1. The molecule has 5 rings (SSSR count). The summed E-state index contributed by atoms with van der Waals surface area (Å²) < 4.78 is 2.66. The third-order valence-electron chi connectivity index (χ3n) is 6.43. The van der Waals surface area contributed by atoms with Gasteiger partial charge in [-0.05, 0) is 32.3 Å². The minimum Gasteiger partial charge on any atom is -0.356 e. The number of fused-ring (bicyclic) bond motifs is 4. The van der Waals surface area contributed by atoms with Gasteiger partial charge in [0.05, 0.1) is 11.4 Å². The molecule has 1 N–H and O–H groups in total. The van der Waals surface area contributed by atoms with Crippen molar-refractivity contribution in [3.05, 3.63) is 69.0 Å². The highest BCUT2D eigenvalue weighted by atomic mass is 32.2. The Kier molecular flexibility index (Phi) is 6.59. The molecule has 2 aromatic heterocycles. The summed E-state index contributed by atoms with van der Waals surface area (Å²) in [6, 6.07) is 13.8. The number of thioether (sulfide) groups is 1. The van der Waals surface area contributed by atoms with E-state index in [0.717, 1.165) is 52.2 Å². The molecule has 2 atom stereocenters. The van der Waals surface area contributed by atoms with Crippen molar-refractivity contribution in [1.82, 2.24) is 14.5 Å². The summed E-state index contributed by atoms with van der Waals surface area (Å²) in [4.78, 5) is 32.8. The number of hydrogen-bond acceptors (Lipinski definition) is 6. The zero-order chi connectivity index (χ0) is 23.8. The molecule has 0 saturated carbocycles. The molecule has 34 heavy (non-hydrogen) atoms. The fraction of sp³-hybridized carbons (Fsp3) is 0.360. The van der Waals surface area contributed by atoms with Crippen LogP contribution < -0.4 is 10.9 Å². The van der Waals surface area contributed by atoms with Crippen LogP contribution in [0.15, 0.2) is 47.3 Å². The largest absolute Gasteiger partial charge is 0.356 e. The van der Waals surface area contributed by atoms with E-state index in [9.17, 15) is 9.59 Å². The highest BCUT2D eigenvalue weighted by molar-refractivity contribution is 8.23. The first kappa shape index (κ1) is 23.3. The number of rotatable bonds is 4. The number of hydrogen-bond donors (Lipinski definition) is 1. The summed E-state index contributed by atoms with van der Waals surface area (Å²) in [7, 11) is 0. The Morgan fingerprint density at radius 1 is 1.18 bits per heavy atom.